The molecule has 1 aliphatic heterocycles. The molecule has 0 fully saturated rings. The summed E-state index contributed by atoms with van der Waals surface area (Å²) in [7, 11) is 0. The van der Waals surface area contributed by atoms with Crippen LogP contribution in [-0.2, 0) is 11.3 Å². The van der Waals surface area contributed by atoms with E-state index in [9.17, 15) is 4.79 Å². The first-order valence-electron chi connectivity index (χ1n) is 7.25. The maximum atomic E-state index is 12.3. The number of hydrogen-bond acceptors (Lipinski definition) is 2. The van der Waals surface area contributed by atoms with Crippen molar-refractivity contribution in [2.45, 2.75) is 58.7 Å². The number of hydrogen-bond donors (Lipinski definition) is 1. The first-order chi connectivity index (χ1) is 9.04. The molecule has 4 nitrogen and oxygen atoms in total. The van der Waals surface area contributed by atoms with Crippen LogP contribution < -0.4 is 5.73 Å². The summed E-state index contributed by atoms with van der Waals surface area (Å²) in [6.45, 7) is 8.01. The number of amides is 1. The van der Waals surface area contributed by atoms with Crippen LogP contribution in [0.2, 0.25) is 0 Å². The zero-order valence-corrected chi connectivity index (χ0v) is 12.2. The van der Waals surface area contributed by atoms with E-state index in [1.807, 2.05) is 4.90 Å². The SMILES string of the molecule is CCCC(N)CC(=O)N1CCn2c(C)ccc2C1C. The molecule has 2 rings (SSSR count). The lowest BCUT2D eigenvalue weighted by Crippen LogP contribution is -2.43. The average Bonchev–Trinajstić information content (AvgIpc) is 2.72. The fourth-order valence-electron chi connectivity index (χ4n) is 2.98. The van der Waals surface area contributed by atoms with Gasteiger partial charge in [-0.2, -0.15) is 0 Å². The maximum Gasteiger partial charge on any atom is 0.224 e. The van der Waals surface area contributed by atoms with E-state index in [4.69, 9.17) is 5.73 Å². The van der Waals surface area contributed by atoms with Gasteiger partial charge in [0, 0.05) is 36.9 Å². The summed E-state index contributed by atoms with van der Waals surface area (Å²) in [5.74, 6) is 0.193. The number of nitrogens with two attached hydrogens (primary N) is 1. The number of rotatable bonds is 4. The zero-order valence-electron chi connectivity index (χ0n) is 12.2. The van der Waals surface area contributed by atoms with Crippen molar-refractivity contribution in [2.75, 3.05) is 6.54 Å². The van der Waals surface area contributed by atoms with Gasteiger partial charge in [-0.15, -0.1) is 0 Å². The molecule has 0 aromatic carbocycles. The summed E-state index contributed by atoms with van der Waals surface area (Å²) in [5, 5.41) is 0. The molecule has 106 valence electrons. The minimum absolute atomic E-state index is 0.000137. The van der Waals surface area contributed by atoms with Gasteiger partial charge in [-0.25, -0.2) is 0 Å². The lowest BCUT2D eigenvalue weighted by Gasteiger charge is -2.36. The summed E-state index contributed by atoms with van der Waals surface area (Å²) < 4.78 is 2.31. The Kier molecular flexibility index (Phi) is 4.30. The van der Waals surface area contributed by atoms with Crippen LogP contribution in [-0.4, -0.2) is 28.0 Å². The van der Waals surface area contributed by atoms with Gasteiger partial charge in [0.05, 0.1) is 6.04 Å². The van der Waals surface area contributed by atoms with Gasteiger partial charge < -0.3 is 15.2 Å². The van der Waals surface area contributed by atoms with E-state index in [2.05, 4.69) is 37.5 Å². The minimum atomic E-state index is 0.000137. The van der Waals surface area contributed by atoms with Gasteiger partial charge in [-0.1, -0.05) is 13.3 Å². The Hall–Kier alpha value is -1.29. The van der Waals surface area contributed by atoms with Gasteiger partial charge >= 0.3 is 0 Å². The standard InChI is InChI=1S/C15H25N3O/c1-4-5-13(16)10-15(19)18-9-8-17-11(2)6-7-14(17)12(18)3/h6-7,12-13H,4-5,8-10,16H2,1-3H3. The van der Waals surface area contributed by atoms with E-state index < -0.39 is 0 Å². The van der Waals surface area contributed by atoms with E-state index >= 15 is 0 Å². The molecular formula is C15H25N3O. The molecule has 1 amide bonds. The number of carbonyl (C=O) groups is 1. The minimum Gasteiger partial charge on any atom is -0.345 e. The summed E-state index contributed by atoms with van der Waals surface area (Å²) in [6, 6.07) is 4.41. The van der Waals surface area contributed by atoms with Crippen molar-refractivity contribution in [3.8, 4) is 0 Å². The molecule has 0 bridgehead atoms. The Bertz CT molecular complexity index is 452. The van der Waals surface area contributed by atoms with Crippen molar-refractivity contribution < 1.29 is 4.79 Å². The van der Waals surface area contributed by atoms with Crippen LogP contribution >= 0.6 is 0 Å². The second-order valence-corrected chi connectivity index (χ2v) is 5.57. The number of aromatic nitrogens is 1. The summed E-state index contributed by atoms with van der Waals surface area (Å²) in [6.07, 6.45) is 2.42. The Labute approximate surface area is 115 Å². The monoisotopic (exact) mass is 263 g/mol. The third kappa shape index (κ3) is 2.84. The van der Waals surface area contributed by atoms with Gasteiger partial charge in [0.2, 0.25) is 5.91 Å². The molecule has 0 saturated carbocycles. The lowest BCUT2D eigenvalue weighted by molar-refractivity contribution is -0.134. The molecule has 2 unspecified atom stereocenters. The van der Waals surface area contributed by atoms with Crippen molar-refractivity contribution in [2.24, 2.45) is 5.73 Å². The highest BCUT2D eigenvalue weighted by Crippen LogP contribution is 2.27. The van der Waals surface area contributed by atoms with Crippen LogP contribution in [0.5, 0.6) is 0 Å². The van der Waals surface area contributed by atoms with Gasteiger partial charge in [0.15, 0.2) is 0 Å². The average molecular weight is 263 g/mol. The highest BCUT2D eigenvalue weighted by Gasteiger charge is 2.28. The molecule has 1 aromatic heterocycles. The Morgan fingerprint density at radius 3 is 2.89 bits per heavy atom. The fourth-order valence-corrected chi connectivity index (χ4v) is 2.98. The number of aryl methyl sites for hydroxylation is 1. The highest BCUT2D eigenvalue weighted by molar-refractivity contribution is 5.77. The summed E-state index contributed by atoms with van der Waals surface area (Å²) in [5.41, 5.74) is 8.50. The van der Waals surface area contributed by atoms with Crippen LogP contribution in [0.4, 0.5) is 0 Å². The van der Waals surface area contributed by atoms with Crippen molar-refractivity contribution in [3.05, 3.63) is 23.5 Å². The van der Waals surface area contributed by atoms with Gasteiger partial charge in [0.25, 0.3) is 0 Å². The summed E-state index contributed by atoms with van der Waals surface area (Å²) in [4.78, 5) is 14.3. The van der Waals surface area contributed by atoms with Crippen molar-refractivity contribution >= 4 is 5.91 Å². The van der Waals surface area contributed by atoms with E-state index in [0.29, 0.717) is 6.42 Å². The molecule has 4 heteroatoms. The zero-order chi connectivity index (χ0) is 14.0. The number of nitrogens with zero attached hydrogens (tertiary/aromatic N) is 2. The van der Waals surface area contributed by atoms with Crippen LogP contribution in [0.1, 0.15) is 50.5 Å². The largest absolute Gasteiger partial charge is 0.345 e. The number of fused-ring (bicyclic) bond motifs is 1. The lowest BCUT2D eigenvalue weighted by atomic mass is 10.1. The molecule has 1 aromatic rings. The van der Waals surface area contributed by atoms with E-state index in [-0.39, 0.29) is 18.0 Å². The van der Waals surface area contributed by atoms with E-state index in [1.54, 1.807) is 0 Å². The molecule has 1 aliphatic rings. The predicted molar refractivity (Wildman–Crippen MR) is 76.8 cm³/mol. The van der Waals surface area contributed by atoms with Crippen molar-refractivity contribution in [3.63, 3.8) is 0 Å². The van der Waals surface area contributed by atoms with Gasteiger partial charge in [-0.05, 0) is 32.4 Å². The second-order valence-electron chi connectivity index (χ2n) is 5.57. The molecule has 2 N–H and O–H groups in total. The van der Waals surface area contributed by atoms with Crippen LogP contribution in [0.25, 0.3) is 0 Å². The molecule has 0 saturated heterocycles. The quantitative estimate of drug-likeness (QED) is 0.905. The third-order valence-electron chi connectivity index (χ3n) is 4.11. The molecule has 0 radical (unpaired) electrons. The van der Waals surface area contributed by atoms with Crippen LogP contribution in [0, 0.1) is 6.92 Å². The molecule has 0 spiro atoms. The third-order valence-corrected chi connectivity index (χ3v) is 4.11. The van der Waals surface area contributed by atoms with Gasteiger partial charge in [-0.3, -0.25) is 4.79 Å². The Morgan fingerprint density at radius 1 is 1.47 bits per heavy atom. The van der Waals surface area contributed by atoms with E-state index in [0.717, 1.165) is 25.9 Å². The fraction of sp³-hybridized carbons (Fsp3) is 0.667. The Morgan fingerprint density at radius 2 is 2.21 bits per heavy atom. The predicted octanol–water partition coefficient (Wildman–Crippen LogP) is 2.22. The Balaban J connectivity index is 2.05. The van der Waals surface area contributed by atoms with E-state index in [1.165, 1.54) is 11.4 Å². The van der Waals surface area contributed by atoms with Crippen molar-refractivity contribution in [1.29, 1.82) is 0 Å². The van der Waals surface area contributed by atoms with Gasteiger partial charge in [0.1, 0.15) is 0 Å². The number of carbonyl (C=O) groups excluding carboxylic acids is 1. The second kappa shape index (κ2) is 5.78. The first-order valence-corrected chi connectivity index (χ1v) is 7.25. The van der Waals surface area contributed by atoms with Crippen molar-refractivity contribution in [1.82, 2.24) is 9.47 Å². The topological polar surface area (TPSA) is 51.3 Å². The molecule has 19 heavy (non-hydrogen) atoms. The summed E-state index contributed by atoms with van der Waals surface area (Å²) >= 11 is 0. The van der Waals surface area contributed by atoms with Crippen LogP contribution in [0.15, 0.2) is 12.1 Å². The van der Waals surface area contributed by atoms with Crippen LogP contribution in [0.3, 0.4) is 0 Å². The molecule has 0 aliphatic carbocycles. The maximum absolute atomic E-state index is 12.3. The smallest absolute Gasteiger partial charge is 0.224 e. The first kappa shape index (κ1) is 14.1. The normalized spacial score (nSPS) is 20.2. The highest BCUT2D eigenvalue weighted by atomic mass is 16.2. The molecular weight excluding hydrogens is 238 g/mol. The molecule has 2 atom stereocenters. The molecule has 2 heterocycles.